The minimum absolute atomic E-state index is 0.0532. The Morgan fingerprint density at radius 1 is 0.571 bits per heavy atom. The van der Waals surface area contributed by atoms with Gasteiger partial charge in [-0.15, -0.1) is 0 Å². The minimum Gasteiger partial charge on any atom is -0.389 e. The lowest BCUT2D eigenvalue weighted by atomic mass is 9.85. The molecular weight excluding hydrogens is 893 g/mol. The Kier molecular flexibility index (Phi) is 14.2. The van der Waals surface area contributed by atoms with E-state index in [9.17, 15) is 17.6 Å². The van der Waals surface area contributed by atoms with Crippen LogP contribution in [0.5, 0.6) is 0 Å². The van der Waals surface area contributed by atoms with Crippen molar-refractivity contribution in [3.05, 3.63) is 154 Å². The van der Waals surface area contributed by atoms with E-state index in [0.29, 0.717) is 24.0 Å². The Labute approximate surface area is 412 Å². The second-order valence-electron chi connectivity index (χ2n) is 23.7. The summed E-state index contributed by atoms with van der Waals surface area (Å²) in [5.41, 5.74) is 13.0. The van der Waals surface area contributed by atoms with Crippen molar-refractivity contribution in [2.45, 2.75) is 162 Å². The summed E-state index contributed by atoms with van der Waals surface area (Å²) in [5.74, 6) is -12.2. The lowest BCUT2D eigenvalue weighted by Gasteiger charge is -2.26. The number of aromatic nitrogens is 1. The zero-order valence-electron chi connectivity index (χ0n) is 43.4. The molecule has 0 spiro atoms. The second kappa shape index (κ2) is 18.8. The highest BCUT2D eigenvalue weighted by molar-refractivity contribution is 6.45. The summed E-state index contributed by atoms with van der Waals surface area (Å²) in [7, 11) is -1.29. The van der Waals surface area contributed by atoms with Crippen LogP contribution in [0.3, 0.4) is 0 Å². The standard InChI is InChI=1S/C59H69BF6N2O2/c1-37(51-47(38-15-23-42(24-16-38)53(2,3)4)31-49(67-51)40-19-27-44(28-20-40)55(8,9)10)52-48(39-17-25-43(26-18-39)54(5,6)7)32-50(41-21-29-45(30-22-41)56(11,12)13)68(52)60-69-34-46(70-60)33-58(63,64)36-59(65,66)35-57(14,61)62/h15-32,46H,33-36H2,1-14H3/b51-37-. The third-order valence-electron chi connectivity index (χ3n) is 13.3. The summed E-state index contributed by atoms with van der Waals surface area (Å²) in [6.45, 7) is 27.9. The molecule has 372 valence electrons. The number of allylic oxidation sites excluding steroid dienone is 3. The summed E-state index contributed by atoms with van der Waals surface area (Å²) in [5, 5.41) is 0. The highest BCUT2D eigenvalue weighted by atomic mass is 19.3. The highest BCUT2D eigenvalue weighted by Crippen LogP contribution is 2.46. The van der Waals surface area contributed by atoms with Gasteiger partial charge in [-0.2, -0.15) is 0 Å². The van der Waals surface area contributed by atoms with E-state index in [1.165, 1.54) is 11.1 Å². The van der Waals surface area contributed by atoms with Crippen molar-refractivity contribution in [3.8, 4) is 22.4 Å². The van der Waals surface area contributed by atoms with Crippen LogP contribution in [-0.4, -0.2) is 47.9 Å². The van der Waals surface area contributed by atoms with Gasteiger partial charge >= 0.3 is 7.25 Å². The lowest BCUT2D eigenvalue weighted by Crippen LogP contribution is -2.37. The van der Waals surface area contributed by atoms with Crippen molar-refractivity contribution in [2.75, 3.05) is 6.61 Å². The molecule has 1 saturated heterocycles. The smallest absolute Gasteiger partial charge is 0.389 e. The highest BCUT2D eigenvalue weighted by Gasteiger charge is 2.50. The molecule has 0 amide bonds. The number of halogens is 6. The van der Waals surface area contributed by atoms with E-state index in [4.69, 9.17) is 14.3 Å². The summed E-state index contributed by atoms with van der Waals surface area (Å²) in [4.78, 5) is 5.43. The number of aliphatic imine (C=N–C) groups is 1. The van der Waals surface area contributed by atoms with Crippen LogP contribution in [-0.2, 0) is 31.0 Å². The van der Waals surface area contributed by atoms with Crippen LogP contribution in [0, 0.1) is 0 Å². The Hall–Kier alpha value is -5.13. The molecule has 0 saturated carbocycles. The lowest BCUT2D eigenvalue weighted by molar-refractivity contribution is -0.158. The fourth-order valence-electron chi connectivity index (χ4n) is 9.31. The molecule has 1 aromatic heterocycles. The van der Waals surface area contributed by atoms with Gasteiger partial charge < -0.3 is 13.8 Å². The van der Waals surface area contributed by atoms with Gasteiger partial charge in [0.15, 0.2) is 0 Å². The largest absolute Gasteiger partial charge is 0.598 e. The fraction of sp³-hybridized carbons (Fsp3) is 0.441. The second-order valence-corrected chi connectivity index (χ2v) is 23.7. The number of benzene rings is 4. The van der Waals surface area contributed by atoms with Gasteiger partial charge in [-0.1, -0.05) is 180 Å². The molecule has 1 atom stereocenters. The third-order valence-corrected chi connectivity index (χ3v) is 13.3. The van der Waals surface area contributed by atoms with Gasteiger partial charge in [-0.05, 0) is 92.2 Å². The van der Waals surface area contributed by atoms with Gasteiger partial charge in [0.2, 0.25) is 0 Å². The number of rotatable bonds is 12. The molecule has 2 aliphatic heterocycles. The van der Waals surface area contributed by atoms with Gasteiger partial charge in [0.25, 0.3) is 17.8 Å². The molecule has 0 N–H and O–H groups in total. The Morgan fingerprint density at radius 2 is 1.00 bits per heavy atom. The van der Waals surface area contributed by atoms with Gasteiger partial charge in [-0.25, -0.2) is 31.3 Å². The third kappa shape index (κ3) is 12.1. The van der Waals surface area contributed by atoms with Crippen molar-refractivity contribution < 1.29 is 35.7 Å². The van der Waals surface area contributed by atoms with Gasteiger partial charge in [0.1, 0.15) is 0 Å². The molecular formula is C59H69BF6N2O2. The van der Waals surface area contributed by atoms with Crippen LogP contribution in [0.15, 0.2) is 120 Å². The molecule has 0 radical (unpaired) electrons. The first-order valence-corrected chi connectivity index (χ1v) is 24.3. The summed E-state index contributed by atoms with van der Waals surface area (Å²) in [6, 6.07) is 35.6. The number of alkyl halides is 6. The molecule has 1 unspecified atom stereocenters. The van der Waals surface area contributed by atoms with Crippen molar-refractivity contribution >= 4 is 24.1 Å². The SMILES string of the molecule is C/C(=C1/N=C(c2ccc(C(C)(C)C)cc2)C=C1c1ccc(C(C)(C)C)cc1)c1c(-c2ccc(C(C)(C)C)cc2)cc(-c2ccc(C(C)(C)C)cc2)n1B1OCC(CC(F)(F)CC(F)(F)CC(C)(F)F)O1. The molecule has 0 bridgehead atoms. The van der Waals surface area contributed by atoms with E-state index < -0.39 is 50.4 Å². The Morgan fingerprint density at radius 3 is 1.44 bits per heavy atom. The molecule has 3 heterocycles. The molecule has 70 heavy (non-hydrogen) atoms. The Bertz CT molecular complexity index is 2770. The van der Waals surface area contributed by atoms with E-state index in [2.05, 4.69) is 180 Å². The quantitative estimate of drug-likeness (QED) is 0.0923. The maximum atomic E-state index is 15.6. The zero-order valence-corrected chi connectivity index (χ0v) is 43.4. The zero-order chi connectivity index (χ0) is 51.6. The maximum absolute atomic E-state index is 15.6. The van der Waals surface area contributed by atoms with Crippen molar-refractivity contribution in [1.82, 2.24) is 4.48 Å². The van der Waals surface area contributed by atoms with Crippen molar-refractivity contribution in [1.29, 1.82) is 0 Å². The van der Waals surface area contributed by atoms with E-state index in [0.717, 1.165) is 55.8 Å². The van der Waals surface area contributed by atoms with Gasteiger partial charge in [0.05, 0.1) is 37.0 Å². The van der Waals surface area contributed by atoms with Crippen LogP contribution in [0.2, 0.25) is 0 Å². The van der Waals surface area contributed by atoms with E-state index in [1.54, 1.807) is 0 Å². The molecule has 1 fully saturated rings. The van der Waals surface area contributed by atoms with Crippen LogP contribution in [0.25, 0.3) is 33.5 Å². The van der Waals surface area contributed by atoms with Crippen LogP contribution in [0.4, 0.5) is 26.3 Å². The van der Waals surface area contributed by atoms with Crippen LogP contribution in [0.1, 0.15) is 155 Å². The monoisotopic (exact) mass is 963 g/mol. The molecule has 5 aromatic rings. The fourth-order valence-corrected chi connectivity index (χ4v) is 9.31. The number of hydrogen-bond acceptors (Lipinski definition) is 3. The average molecular weight is 963 g/mol. The predicted octanol–water partition coefficient (Wildman–Crippen LogP) is 16.7. The number of nitrogens with zero attached hydrogens (tertiary/aromatic N) is 2. The molecule has 4 nitrogen and oxygen atoms in total. The predicted molar refractivity (Wildman–Crippen MR) is 276 cm³/mol. The van der Waals surface area contributed by atoms with Crippen molar-refractivity contribution in [2.24, 2.45) is 4.99 Å². The van der Waals surface area contributed by atoms with E-state index in [1.807, 2.05) is 23.5 Å². The first-order chi connectivity index (χ1) is 32.2. The first kappa shape index (κ1) is 52.7. The first-order valence-electron chi connectivity index (χ1n) is 24.3. The molecule has 11 heteroatoms. The molecule has 4 aromatic carbocycles. The molecule has 0 aliphatic carbocycles. The van der Waals surface area contributed by atoms with Gasteiger partial charge in [-0.3, -0.25) is 0 Å². The summed E-state index contributed by atoms with van der Waals surface area (Å²) >= 11 is 0. The van der Waals surface area contributed by atoms with Gasteiger partial charge in [0, 0.05) is 34.5 Å². The molecule has 7 rings (SSSR count). The molecule has 2 aliphatic rings. The number of hydrogen-bond donors (Lipinski definition) is 0. The van der Waals surface area contributed by atoms with Crippen molar-refractivity contribution in [3.63, 3.8) is 0 Å². The minimum atomic E-state index is -4.31. The maximum Gasteiger partial charge on any atom is 0.598 e. The average Bonchev–Trinajstić information content (AvgIpc) is 3.99. The summed E-state index contributed by atoms with van der Waals surface area (Å²) in [6.07, 6.45) is -4.41. The topological polar surface area (TPSA) is 35.8 Å². The normalized spacial score (nSPS) is 17.3. The Balaban J connectivity index is 1.46. The summed E-state index contributed by atoms with van der Waals surface area (Å²) < 4.78 is 102. The van der Waals surface area contributed by atoms with E-state index in [-0.39, 0.29) is 28.3 Å². The van der Waals surface area contributed by atoms with Crippen LogP contribution >= 0.6 is 0 Å². The van der Waals surface area contributed by atoms with Crippen LogP contribution < -0.4 is 0 Å². The van der Waals surface area contributed by atoms with E-state index >= 15 is 8.78 Å².